The van der Waals surface area contributed by atoms with Crippen molar-refractivity contribution >= 4 is 37.3 Å². The molecule has 2 aromatic carbocycles. The third-order valence-electron chi connectivity index (χ3n) is 4.25. The van der Waals surface area contributed by atoms with E-state index in [0.717, 1.165) is 11.1 Å². The Bertz CT molecular complexity index is 1120. The molecule has 0 radical (unpaired) electrons. The Morgan fingerprint density at radius 1 is 1.00 bits per heavy atom. The van der Waals surface area contributed by atoms with Gasteiger partial charge in [-0.1, -0.05) is 12.1 Å². The molecule has 9 heteroatoms. The van der Waals surface area contributed by atoms with Crippen molar-refractivity contribution < 1.29 is 21.6 Å². The maximum Gasteiger partial charge on any atom is 0.262 e. The van der Waals surface area contributed by atoms with Crippen molar-refractivity contribution in [3.63, 3.8) is 0 Å². The molecule has 27 heavy (non-hydrogen) atoms. The Hall–Kier alpha value is -2.39. The van der Waals surface area contributed by atoms with E-state index in [1.54, 1.807) is 19.1 Å². The van der Waals surface area contributed by atoms with E-state index in [4.69, 9.17) is 0 Å². The molecule has 0 aliphatic carbocycles. The highest BCUT2D eigenvalue weighted by atomic mass is 32.2. The summed E-state index contributed by atoms with van der Waals surface area (Å²) in [7, 11) is -7.73. The van der Waals surface area contributed by atoms with Crippen molar-refractivity contribution in [3.05, 3.63) is 53.1 Å². The summed E-state index contributed by atoms with van der Waals surface area (Å²) in [4.78, 5) is 11.9. The summed E-state index contributed by atoms with van der Waals surface area (Å²) in [6.45, 7) is 5.33. The molecule has 1 fully saturated rings. The van der Waals surface area contributed by atoms with Gasteiger partial charge in [-0.2, -0.15) is 0 Å². The fraction of sp³-hybridized carbons (Fsp3) is 0.278. The highest BCUT2D eigenvalue weighted by Crippen LogP contribution is 2.30. The number of amides is 1. The van der Waals surface area contributed by atoms with Crippen LogP contribution in [0.15, 0.2) is 41.3 Å². The first kappa shape index (κ1) is 19.4. The van der Waals surface area contributed by atoms with Gasteiger partial charge in [-0.15, -0.1) is 0 Å². The summed E-state index contributed by atoms with van der Waals surface area (Å²) >= 11 is 0. The number of carbonyl (C=O) groups excluding carboxylic acids is 1. The van der Waals surface area contributed by atoms with E-state index in [1.165, 1.54) is 18.2 Å². The number of sulfonamides is 2. The number of benzene rings is 2. The third-order valence-corrected chi connectivity index (χ3v) is 7.46. The van der Waals surface area contributed by atoms with Crippen molar-refractivity contribution in [1.29, 1.82) is 0 Å². The van der Waals surface area contributed by atoms with Crippen LogP contribution in [0.4, 0.5) is 11.4 Å². The quantitative estimate of drug-likeness (QED) is 0.838. The summed E-state index contributed by atoms with van der Waals surface area (Å²) in [5.74, 6) is -0.840. The summed E-state index contributed by atoms with van der Waals surface area (Å²) in [6.07, 6.45) is -0.112. The highest BCUT2D eigenvalue weighted by molar-refractivity contribution is 7.94. The molecule has 0 atom stereocenters. The van der Waals surface area contributed by atoms with Crippen LogP contribution in [-0.2, 0) is 24.8 Å². The maximum absolute atomic E-state index is 12.9. The van der Waals surface area contributed by atoms with Crippen LogP contribution >= 0.6 is 0 Å². The van der Waals surface area contributed by atoms with Gasteiger partial charge in [-0.25, -0.2) is 21.1 Å². The summed E-state index contributed by atoms with van der Waals surface area (Å²) in [5.41, 5.74) is 2.71. The molecule has 1 heterocycles. The lowest BCUT2D eigenvalue weighted by Crippen LogP contribution is -2.29. The Labute approximate surface area is 159 Å². The molecule has 0 saturated carbocycles. The lowest BCUT2D eigenvalue weighted by Gasteiger charge is -2.18. The van der Waals surface area contributed by atoms with Crippen LogP contribution in [0.3, 0.4) is 0 Å². The third kappa shape index (κ3) is 3.84. The molecular weight excluding hydrogens is 388 g/mol. The lowest BCUT2D eigenvalue weighted by atomic mass is 10.1. The molecule has 0 unspecified atom stereocenters. The van der Waals surface area contributed by atoms with Crippen LogP contribution < -0.4 is 9.03 Å². The van der Waals surface area contributed by atoms with Gasteiger partial charge in [0.05, 0.1) is 16.3 Å². The Balaban J connectivity index is 2.04. The maximum atomic E-state index is 12.9. The number of nitrogens with one attached hydrogen (secondary N) is 1. The molecule has 0 aromatic heterocycles. The molecule has 2 aromatic rings. The topological polar surface area (TPSA) is 101 Å². The molecule has 1 aliphatic rings. The molecular formula is C18H20N2O5S2. The van der Waals surface area contributed by atoms with Crippen LogP contribution in [0.2, 0.25) is 0 Å². The minimum absolute atomic E-state index is 0.0314. The van der Waals surface area contributed by atoms with Crippen molar-refractivity contribution in [1.82, 2.24) is 0 Å². The first-order chi connectivity index (χ1) is 12.5. The van der Waals surface area contributed by atoms with Crippen LogP contribution in [-0.4, -0.2) is 28.5 Å². The zero-order valence-electron chi connectivity index (χ0n) is 15.2. The largest absolute Gasteiger partial charge is 0.280 e. The van der Waals surface area contributed by atoms with E-state index in [2.05, 4.69) is 4.72 Å². The fourth-order valence-corrected chi connectivity index (χ4v) is 5.87. The normalized spacial score (nSPS) is 16.6. The van der Waals surface area contributed by atoms with Crippen molar-refractivity contribution in [2.24, 2.45) is 0 Å². The van der Waals surface area contributed by atoms with Gasteiger partial charge in [0.15, 0.2) is 0 Å². The molecule has 7 nitrogen and oxygen atoms in total. The highest BCUT2D eigenvalue weighted by Gasteiger charge is 2.37. The van der Waals surface area contributed by atoms with Gasteiger partial charge in [0.2, 0.25) is 15.9 Å². The Morgan fingerprint density at radius 2 is 1.63 bits per heavy atom. The summed E-state index contributed by atoms with van der Waals surface area (Å²) < 4.78 is 53.2. The first-order valence-electron chi connectivity index (χ1n) is 8.27. The predicted octanol–water partition coefficient (Wildman–Crippen LogP) is 2.48. The van der Waals surface area contributed by atoms with Crippen LogP contribution in [0.5, 0.6) is 0 Å². The van der Waals surface area contributed by atoms with E-state index in [-0.39, 0.29) is 22.8 Å². The van der Waals surface area contributed by atoms with Gasteiger partial charge < -0.3 is 0 Å². The molecule has 144 valence electrons. The Morgan fingerprint density at radius 3 is 2.19 bits per heavy atom. The molecule has 1 amide bonds. The number of nitrogens with zero attached hydrogens (tertiary/aromatic N) is 1. The first-order valence-corrected chi connectivity index (χ1v) is 11.4. The van der Waals surface area contributed by atoms with Crippen molar-refractivity contribution in [2.45, 2.75) is 32.1 Å². The number of hydrogen-bond donors (Lipinski definition) is 1. The van der Waals surface area contributed by atoms with Gasteiger partial charge in [-0.3, -0.25) is 9.52 Å². The lowest BCUT2D eigenvalue weighted by molar-refractivity contribution is -0.116. The number of hydrogen-bond acceptors (Lipinski definition) is 5. The van der Waals surface area contributed by atoms with E-state index < -0.39 is 26.0 Å². The number of aryl methyl sites for hydroxylation is 3. The van der Waals surface area contributed by atoms with E-state index in [0.29, 0.717) is 15.6 Å². The van der Waals surface area contributed by atoms with Gasteiger partial charge in [0.25, 0.3) is 10.0 Å². The number of rotatable bonds is 4. The molecule has 1 saturated heterocycles. The molecule has 1 aliphatic heterocycles. The monoisotopic (exact) mass is 408 g/mol. The Kier molecular flexibility index (Phi) is 4.77. The standard InChI is InChI=1S/C18H20N2O5S2/c1-12-8-13(2)10-15(9-12)19-27(24,25)17-11-16(5-4-14(17)3)20-18(21)6-7-26(20,22)23/h4-5,8-11,19H,6-7H2,1-3H3. The second kappa shape index (κ2) is 6.65. The molecule has 0 bridgehead atoms. The number of anilines is 2. The van der Waals surface area contributed by atoms with Gasteiger partial charge in [0.1, 0.15) is 0 Å². The van der Waals surface area contributed by atoms with E-state index in [9.17, 15) is 21.6 Å². The van der Waals surface area contributed by atoms with Gasteiger partial charge in [-0.05, 0) is 61.7 Å². The average molecular weight is 409 g/mol. The van der Waals surface area contributed by atoms with Crippen molar-refractivity contribution in [2.75, 3.05) is 14.8 Å². The number of carbonyl (C=O) groups is 1. The van der Waals surface area contributed by atoms with Gasteiger partial charge >= 0.3 is 0 Å². The minimum atomic E-state index is -3.97. The van der Waals surface area contributed by atoms with Gasteiger partial charge in [0, 0.05) is 12.1 Å². The second-order valence-corrected chi connectivity index (χ2v) is 10.2. The fourth-order valence-electron chi connectivity index (χ4n) is 3.12. The van der Waals surface area contributed by atoms with Crippen LogP contribution in [0, 0.1) is 20.8 Å². The average Bonchev–Trinajstić information content (AvgIpc) is 2.80. The summed E-state index contributed by atoms with van der Waals surface area (Å²) in [6, 6.07) is 9.49. The van der Waals surface area contributed by atoms with Crippen LogP contribution in [0.25, 0.3) is 0 Å². The SMILES string of the molecule is Cc1cc(C)cc(NS(=O)(=O)c2cc(N3C(=O)CCS3(=O)=O)ccc2C)c1. The van der Waals surface area contributed by atoms with E-state index in [1.807, 2.05) is 19.9 Å². The second-order valence-electron chi connectivity index (χ2n) is 6.66. The summed E-state index contributed by atoms with van der Waals surface area (Å²) in [5, 5.41) is 0. The van der Waals surface area contributed by atoms with Crippen molar-refractivity contribution in [3.8, 4) is 0 Å². The van der Waals surface area contributed by atoms with Crippen LogP contribution in [0.1, 0.15) is 23.1 Å². The smallest absolute Gasteiger partial charge is 0.262 e. The van der Waals surface area contributed by atoms with E-state index >= 15 is 0 Å². The molecule has 1 N–H and O–H groups in total. The molecule has 3 rings (SSSR count). The zero-order chi connectivity index (χ0) is 20.0. The molecule has 0 spiro atoms. The zero-order valence-corrected chi connectivity index (χ0v) is 16.8. The predicted molar refractivity (Wildman–Crippen MR) is 104 cm³/mol. The minimum Gasteiger partial charge on any atom is -0.280 e.